The maximum Gasteiger partial charge on any atom is 0.330 e. The molecule has 3 aliphatic rings. The quantitative estimate of drug-likeness (QED) is 0.206. The Bertz CT molecular complexity index is 1260. The number of rotatable bonds is 3. The summed E-state index contributed by atoms with van der Waals surface area (Å²) in [4.78, 5) is 26.6. The highest BCUT2D eigenvalue weighted by Gasteiger charge is 2.56. The van der Waals surface area contributed by atoms with Crippen LogP contribution in [0.15, 0.2) is 36.5 Å². The van der Waals surface area contributed by atoms with Gasteiger partial charge in [-0.05, 0) is 63.2 Å². The zero-order valence-electron chi connectivity index (χ0n) is 34.7. The lowest BCUT2D eigenvalue weighted by molar-refractivity contribution is -0.371. The third-order valence-electron chi connectivity index (χ3n) is 13.2. The van der Waals surface area contributed by atoms with Gasteiger partial charge in [-0.2, -0.15) is 0 Å². The Labute approximate surface area is 325 Å². The average Bonchev–Trinajstić information content (AvgIpc) is 3.14. The Balaban J connectivity index is 1.94. The zero-order valence-corrected chi connectivity index (χ0v) is 34.7. The first-order valence-electron chi connectivity index (χ1n) is 20.8. The minimum atomic E-state index is -1.17. The number of hydrogen-bond donors (Lipinski definition) is 5. The van der Waals surface area contributed by atoms with E-state index in [0.717, 1.165) is 25.7 Å². The molecular formula is C44H74O10. The van der Waals surface area contributed by atoms with Gasteiger partial charge in [0.05, 0.1) is 42.7 Å². The molecule has 1 spiro atoms. The number of ketones is 1. The van der Waals surface area contributed by atoms with Gasteiger partial charge in [-0.1, -0.05) is 92.7 Å². The molecule has 3 rings (SSSR count). The van der Waals surface area contributed by atoms with E-state index in [1.54, 1.807) is 40.7 Å². The lowest BCUT2D eigenvalue weighted by atomic mass is 9.74. The van der Waals surface area contributed by atoms with Crippen molar-refractivity contribution in [1.29, 1.82) is 0 Å². The number of allylic oxidation sites excluding steroid dienone is 4. The van der Waals surface area contributed by atoms with Crippen LogP contribution in [0.3, 0.4) is 0 Å². The van der Waals surface area contributed by atoms with Crippen LogP contribution in [0.2, 0.25) is 0 Å². The van der Waals surface area contributed by atoms with E-state index in [0.29, 0.717) is 19.3 Å². The molecule has 0 saturated carbocycles. The SMILES string of the molecule is CCC1C=C/C=C\CC(C)C(O)C(C)C(=O)CC(O)C(C)C(O)C(C)C(O)C(C)/C=C\C(=O)OC2C(C)C(CC1)OC1(CCC(C)C(CC(C)O)O1)C2C. The molecule has 0 aliphatic carbocycles. The normalized spacial score (nSPS) is 46.1. The van der Waals surface area contributed by atoms with E-state index in [1.165, 1.54) is 6.08 Å². The Hall–Kier alpha value is -1.92. The molecule has 54 heavy (non-hydrogen) atoms. The first-order chi connectivity index (χ1) is 25.3. The van der Waals surface area contributed by atoms with Crippen LogP contribution in [0, 0.1) is 53.3 Å². The summed E-state index contributed by atoms with van der Waals surface area (Å²) < 4.78 is 20.0. The summed E-state index contributed by atoms with van der Waals surface area (Å²) in [5.41, 5.74) is 0. The summed E-state index contributed by atoms with van der Waals surface area (Å²) in [6, 6.07) is 0. The number of aliphatic hydroxyl groups excluding tert-OH is 5. The molecule has 5 N–H and O–H groups in total. The molecule has 3 heterocycles. The van der Waals surface area contributed by atoms with Gasteiger partial charge >= 0.3 is 5.97 Å². The zero-order chi connectivity index (χ0) is 40.5. The lowest BCUT2D eigenvalue weighted by Gasteiger charge is -2.55. The van der Waals surface area contributed by atoms with E-state index >= 15 is 0 Å². The lowest BCUT2D eigenvalue weighted by Crippen LogP contribution is -2.62. The topological polar surface area (TPSA) is 163 Å². The van der Waals surface area contributed by atoms with Crippen molar-refractivity contribution in [3.63, 3.8) is 0 Å². The van der Waals surface area contributed by atoms with E-state index < -0.39 is 72.1 Å². The molecule has 18 atom stereocenters. The van der Waals surface area contributed by atoms with Crippen LogP contribution in [0.25, 0.3) is 0 Å². The molecule has 0 radical (unpaired) electrons. The fourth-order valence-corrected chi connectivity index (χ4v) is 8.72. The Morgan fingerprint density at radius 2 is 1.50 bits per heavy atom. The molecule has 2 saturated heterocycles. The van der Waals surface area contributed by atoms with Gasteiger partial charge < -0.3 is 39.7 Å². The van der Waals surface area contributed by atoms with E-state index in [9.17, 15) is 35.1 Å². The molecule has 18 unspecified atom stereocenters. The monoisotopic (exact) mass is 763 g/mol. The Morgan fingerprint density at radius 1 is 0.815 bits per heavy atom. The van der Waals surface area contributed by atoms with E-state index in [2.05, 4.69) is 26.8 Å². The highest BCUT2D eigenvalue weighted by molar-refractivity contribution is 5.82. The van der Waals surface area contributed by atoms with Gasteiger partial charge in [-0.3, -0.25) is 4.79 Å². The van der Waals surface area contributed by atoms with Crippen molar-refractivity contribution >= 4 is 11.8 Å². The second-order valence-electron chi connectivity index (χ2n) is 17.5. The largest absolute Gasteiger partial charge is 0.458 e. The van der Waals surface area contributed by atoms with E-state index in [-0.39, 0.29) is 54.0 Å². The molecule has 0 aromatic heterocycles. The van der Waals surface area contributed by atoms with Crippen LogP contribution in [0.1, 0.15) is 121 Å². The number of fused-ring (bicyclic) bond motifs is 2. The summed E-state index contributed by atoms with van der Waals surface area (Å²) in [5, 5.41) is 54.6. The van der Waals surface area contributed by atoms with E-state index in [1.807, 2.05) is 32.1 Å². The van der Waals surface area contributed by atoms with Crippen LogP contribution in [0.5, 0.6) is 0 Å². The molecule has 0 aromatic rings. The van der Waals surface area contributed by atoms with Crippen molar-refractivity contribution in [2.75, 3.05) is 0 Å². The van der Waals surface area contributed by atoms with Crippen molar-refractivity contribution in [2.45, 2.75) is 175 Å². The predicted octanol–water partition coefficient (Wildman–Crippen LogP) is 6.31. The minimum absolute atomic E-state index is 0.130. The fraction of sp³-hybridized carbons (Fsp3) is 0.818. The molecule has 0 aromatic carbocycles. The molecule has 2 bridgehead atoms. The van der Waals surface area contributed by atoms with Crippen LogP contribution in [0.4, 0.5) is 0 Å². The van der Waals surface area contributed by atoms with Gasteiger partial charge in [0, 0.05) is 54.4 Å². The minimum Gasteiger partial charge on any atom is -0.458 e. The number of ether oxygens (including phenoxy) is 3. The number of hydrogen-bond acceptors (Lipinski definition) is 10. The maximum atomic E-state index is 13.5. The van der Waals surface area contributed by atoms with Crippen LogP contribution in [-0.2, 0) is 23.8 Å². The molecular weight excluding hydrogens is 688 g/mol. The molecule has 10 heteroatoms. The molecule has 10 nitrogen and oxygen atoms in total. The van der Waals surface area contributed by atoms with Gasteiger partial charge in [-0.25, -0.2) is 4.79 Å². The Morgan fingerprint density at radius 3 is 2.15 bits per heavy atom. The van der Waals surface area contributed by atoms with Crippen molar-refractivity contribution in [3.8, 4) is 0 Å². The first-order valence-corrected chi connectivity index (χ1v) is 20.8. The number of Topliss-reactive ketones (excluding diaryl/α,β-unsaturated/α-hetero) is 1. The highest BCUT2D eigenvalue weighted by Crippen LogP contribution is 2.49. The highest BCUT2D eigenvalue weighted by atomic mass is 16.7. The second-order valence-corrected chi connectivity index (χ2v) is 17.5. The number of carbonyl (C=O) groups is 2. The van der Waals surface area contributed by atoms with Crippen LogP contribution in [-0.4, -0.2) is 91.9 Å². The third kappa shape index (κ3) is 12.0. The van der Waals surface area contributed by atoms with Crippen molar-refractivity contribution < 1.29 is 49.3 Å². The predicted molar refractivity (Wildman–Crippen MR) is 210 cm³/mol. The first kappa shape index (κ1) is 46.5. The number of aliphatic hydroxyl groups is 5. The van der Waals surface area contributed by atoms with E-state index in [4.69, 9.17) is 14.2 Å². The molecule has 310 valence electrons. The summed E-state index contributed by atoms with van der Waals surface area (Å²) in [6.07, 6.45) is 10.2. The third-order valence-corrected chi connectivity index (χ3v) is 13.2. The number of carbonyl (C=O) groups excluding carboxylic acids is 2. The van der Waals surface area contributed by atoms with Gasteiger partial charge in [0.1, 0.15) is 11.9 Å². The summed E-state index contributed by atoms with van der Waals surface area (Å²) in [5.74, 6) is -4.54. The smallest absolute Gasteiger partial charge is 0.330 e. The van der Waals surface area contributed by atoms with Gasteiger partial charge in [-0.15, -0.1) is 0 Å². The van der Waals surface area contributed by atoms with Crippen LogP contribution >= 0.6 is 0 Å². The average molecular weight is 763 g/mol. The maximum absolute atomic E-state index is 13.5. The van der Waals surface area contributed by atoms with Gasteiger partial charge in [0.25, 0.3) is 0 Å². The summed E-state index contributed by atoms with van der Waals surface area (Å²) in [7, 11) is 0. The van der Waals surface area contributed by atoms with Gasteiger partial charge in [0.2, 0.25) is 0 Å². The second kappa shape index (κ2) is 21.0. The fourth-order valence-electron chi connectivity index (χ4n) is 8.72. The van der Waals surface area contributed by atoms with Crippen molar-refractivity contribution in [2.24, 2.45) is 53.3 Å². The Kier molecular flexibility index (Phi) is 18.1. The number of esters is 1. The van der Waals surface area contributed by atoms with Gasteiger partial charge in [0.15, 0.2) is 5.79 Å². The molecule has 2 fully saturated rings. The standard InChI is InChI=1S/C44H74O10/c1-11-34-16-14-12-13-15-26(3)40(49)29(6)35(46)24-36(47)30(7)42(51)32(9)41(50)27(4)17-20-39(48)52-43-31(8)37(19-18-34)53-44(33(43)10)22-21-25(2)38(54-44)23-28(5)45/h12-14,16-17,20,25-34,36-38,40-43,45,47,49-51H,11,15,18-19,21-24H2,1-10H3/b13-12-,16-14?,20-17-. The van der Waals surface area contributed by atoms with Crippen molar-refractivity contribution in [1.82, 2.24) is 0 Å². The summed E-state index contributed by atoms with van der Waals surface area (Å²) in [6.45, 7) is 18.8. The van der Waals surface area contributed by atoms with Crippen molar-refractivity contribution in [3.05, 3.63) is 36.5 Å². The van der Waals surface area contributed by atoms with Crippen LogP contribution < -0.4 is 0 Å². The summed E-state index contributed by atoms with van der Waals surface area (Å²) >= 11 is 0. The molecule has 0 amide bonds. The molecule has 3 aliphatic heterocycles.